The molecule has 5 rings (SSSR count). The van der Waals surface area contributed by atoms with E-state index < -0.39 is 6.04 Å². The third kappa shape index (κ3) is 9.33. The zero-order chi connectivity index (χ0) is 32.5. The first-order chi connectivity index (χ1) is 22.3. The van der Waals surface area contributed by atoms with E-state index >= 15 is 0 Å². The molecule has 3 aliphatic heterocycles. The molecule has 0 aliphatic carbocycles. The highest BCUT2D eigenvalue weighted by molar-refractivity contribution is 6.30. The van der Waals surface area contributed by atoms with Crippen LogP contribution in [0.4, 0.5) is 0 Å². The lowest BCUT2D eigenvalue weighted by atomic mass is 9.98. The standard InChI is InChI=1S/C37H52ClN5O3/c1-27(2)39-32(17-8-11-22-41-20-9-5-10-21-41)36(45)43-24-23-42(37-40-28(3)35(46-37)30-14-6-4-7-15-30)26-33(43)34(44)19-18-29-13-12-16-31(38)25-29/h4,6-7,12-16,25,27-28,32-33,35,39H,5,8-11,17-24,26H2,1-3H3/t28-,32+,33-,35+/m0/s1. The summed E-state index contributed by atoms with van der Waals surface area (Å²) in [6.45, 7) is 11.1. The zero-order valence-electron chi connectivity index (χ0n) is 27.9. The van der Waals surface area contributed by atoms with E-state index in [9.17, 15) is 9.59 Å². The molecule has 250 valence electrons. The molecule has 4 atom stereocenters. The highest BCUT2D eigenvalue weighted by Crippen LogP contribution is 2.31. The first-order valence-corrected chi connectivity index (χ1v) is 17.8. The van der Waals surface area contributed by atoms with Crippen molar-refractivity contribution in [1.29, 1.82) is 0 Å². The van der Waals surface area contributed by atoms with E-state index in [4.69, 9.17) is 21.3 Å². The first kappa shape index (κ1) is 34.4. The van der Waals surface area contributed by atoms with Crippen LogP contribution in [0.15, 0.2) is 59.6 Å². The number of likely N-dealkylation sites (tertiary alicyclic amines) is 1. The van der Waals surface area contributed by atoms with Crippen molar-refractivity contribution in [2.75, 3.05) is 39.3 Å². The molecule has 9 heteroatoms. The molecule has 0 radical (unpaired) electrons. The summed E-state index contributed by atoms with van der Waals surface area (Å²) in [6.07, 6.45) is 7.47. The maximum atomic E-state index is 14.3. The van der Waals surface area contributed by atoms with Gasteiger partial charge in [-0.05, 0) is 81.9 Å². The predicted octanol–water partition coefficient (Wildman–Crippen LogP) is 5.89. The van der Waals surface area contributed by atoms with Crippen molar-refractivity contribution in [2.24, 2.45) is 4.99 Å². The van der Waals surface area contributed by atoms with E-state index in [1.165, 1.54) is 32.4 Å². The van der Waals surface area contributed by atoms with Gasteiger partial charge < -0.3 is 24.8 Å². The van der Waals surface area contributed by atoms with Crippen molar-refractivity contribution in [3.8, 4) is 0 Å². The number of piperidine rings is 1. The van der Waals surface area contributed by atoms with Gasteiger partial charge in [0.15, 0.2) is 5.78 Å². The summed E-state index contributed by atoms with van der Waals surface area (Å²) < 4.78 is 6.41. The lowest BCUT2D eigenvalue weighted by Crippen LogP contribution is -2.62. The van der Waals surface area contributed by atoms with E-state index in [1.54, 1.807) is 0 Å². The Labute approximate surface area is 280 Å². The number of hydrogen-bond acceptors (Lipinski definition) is 7. The van der Waals surface area contributed by atoms with Gasteiger partial charge in [0.25, 0.3) is 6.02 Å². The number of Topliss-reactive ketones (excluding diaryl/α,β-unsaturated/α-hetero) is 1. The summed E-state index contributed by atoms with van der Waals surface area (Å²) in [5.74, 6) is 0.0786. The van der Waals surface area contributed by atoms with Gasteiger partial charge in [-0.1, -0.05) is 80.8 Å². The minimum absolute atomic E-state index is 0.0252. The Bertz CT molecular complexity index is 1320. The lowest BCUT2D eigenvalue weighted by Gasteiger charge is -2.42. The van der Waals surface area contributed by atoms with Gasteiger partial charge in [-0.3, -0.25) is 9.59 Å². The Hall–Kier alpha value is -2.94. The van der Waals surface area contributed by atoms with Gasteiger partial charge >= 0.3 is 0 Å². The number of aryl methyl sites for hydroxylation is 1. The third-order valence-corrected chi connectivity index (χ3v) is 9.70. The number of piperazine rings is 1. The fourth-order valence-electron chi connectivity index (χ4n) is 7.00. The molecule has 2 saturated heterocycles. The number of nitrogens with one attached hydrogen (secondary N) is 1. The maximum absolute atomic E-state index is 14.3. The number of carbonyl (C=O) groups excluding carboxylic acids is 2. The Morgan fingerprint density at radius 1 is 1.00 bits per heavy atom. The Morgan fingerprint density at radius 3 is 2.52 bits per heavy atom. The van der Waals surface area contributed by atoms with Crippen LogP contribution in [0.5, 0.6) is 0 Å². The van der Waals surface area contributed by atoms with Gasteiger partial charge in [0, 0.05) is 37.1 Å². The molecule has 3 heterocycles. The number of nitrogens with zero attached hydrogens (tertiary/aromatic N) is 4. The number of amides is 1. The highest BCUT2D eigenvalue weighted by Gasteiger charge is 2.41. The predicted molar refractivity (Wildman–Crippen MR) is 185 cm³/mol. The van der Waals surface area contributed by atoms with Crippen LogP contribution in [0.25, 0.3) is 0 Å². The molecule has 1 N–H and O–H groups in total. The summed E-state index contributed by atoms with van der Waals surface area (Å²) in [5, 5.41) is 4.20. The molecule has 0 aromatic heterocycles. The van der Waals surface area contributed by atoms with E-state index in [1.807, 2.05) is 47.4 Å². The summed E-state index contributed by atoms with van der Waals surface area (Å²) in [4.78, 5) is 39.6. The zero-order valence-corrected chi connectivity index (χ0v) is 28.6. The van der Waals surface area contributed by atoms with E-state index in [2.05, 4.69) is 48.0 Å². The number of ether oxygens (including phenoxy) is 1. The molecule has 0 spiro atoms. The van der Waals surface area contributed by atoms with Crippen LogP contribution < -0.4 is 5.32 Å². The molecule has 8 nitrogen and oxygen atoms in total. The number of ketones is 1. The smallest absolute Gasteiger partial charge is 0.288 e. The molecule has 0 unspecified atom stereocenters. The minimum Gasteiger partial charge on any atom is -0.455 e. The minimum atomic E-state index is -0.581. The van der Waals surface area contributed by atoms with Crippen molar-refractivity contribution in [3.05, 3.63) is 70.7 Å². The van der Waals surface area contributed by atoms with Crippen molar-refractivity contribution >= 4 is 29.3 Å². The third-order valence-electron chi connectivity index (χ3n) is 9.47. The van der Waals surface area contributed by atoms with Gasteiger partial charge in [-0.25, -0.2) is 4.99 Å². The number of benzene rings is 2. The van der Waals surface area contributed by atoms with Crippen LogP contribution in [-0.4, -0.2) is 95.8 Å². The Balaban J connectivity index is 1.28. The second-order valence-electron chi connectivity index (χ2n) is 13.5. The number of carbonyl (C=O) groups is 2. The molecule has 2 aromatic rings. The van der Waals surface area contributed by atoms with Crippen molar-refractivity contribution in [3.63, 3.8) is 0 Å². The van der Waals surface area contributed by atoms with Crippen LogP contribution in [0.2, 0.25) is 5.02 Å². The monoisotopic (exact) mass is 649 g/mol. The molecular formula is C37H52ClN5O3. The summed E-state index contributed by atoms with van der Waals surface area (Å²) in [7, 11) is 0. The van der Waals surface area contributed by atoms with Gasteiger partial charge in [0.2, 0.25) is 5.91 Å². The van der Waals surface area contributed by atoms with Crippen molar-refractivity contribution in [1.82, 2.24) is 20.0 Å². The molecule has 2 fully saturated rings. The van der Waals surface area contributed by atoms with Gasteiger partial charge in [0.1, 0.15) is 12.1 Å². The highest BCUT2D eigenvalue weighted by atomic mass is 35.5. The Morgan fingerprint density at radius 2 is 1.78 bits per heavy atom. The number of unbranched alkanes of at least 4 members (excludes halogenated alkanes) is 1. The van der Waals surface area contributed by atoms with E-state index in [-0.39, 0.29) is 35.9 Å². The summed E-state index contributed by atoms with van der Waals surface area (Å²) in [6, 6.07) is 17.6. The van der Waals surface area contributed by atoms with E-state index in [0.717, 1.165) is 36.9 Å². The van der Waals surface area contributed by atoms with Crippen LogP contribution in [0.3, 0.4) is 0 Å². The molecule has 3 aliphatic rings. The second-order valence-corrected chi connectivity index (χ2v) is 13.9. The largest absolute Gasteiger partial charge is 0.455 e. The number of hydrogen-bond donors (Lipinski definition) is 1. The summed E-state index contributed by atoms with van der Waals surface area (Å²) in [5.41, 5.74) is 2.10. The fourth-order valence-corrected chi connectivity index (χ4v) is 7.21. The average molecular weight is 650 g/mol. The average Bonchev–Trinajstić information content (AvgIpc) is 3.46. The molecule has 0 saturated carbocycles. The fraction of sp³-hybridized carbons (Fsp3) is 0.595. The van der Waals surface area contributed by atoms with Crippen LogP contribution in [-0.2, 0) is 20.7 Å². The first-order valence-electron chi connectivity index (χ1n) is 17.4. The molecule has 2 aromatic carbocycles. The van der Waals surface area contributed by atoms with E-state index in [0.29, 0.717) is 43.5 Å². The summed E-state index contributed by atoms with van der Waals surface area (Å²) >= 11 is 6.22. The van der Waals surface area contributed by atoms with Gasteiger partial charge in [0.05, 0.1) is 12.1 Å². The van der Waals surface area contributed by atoms with Crippen LogP contribution in [0.1, 0.15) is 82.9 Å². The number of rotatable bonds is 13. The maximum Gasteiger partial charge on any atom is 0.288 e. The lowest BCUT2D eigenvalue weighted by molar-refractivity contribution is -0.144. The quantitative estimate of drug-likeness (QED) is 0.273. The SMILES string of the molecule is CC(C)N[C@H](CCCCN1CCCCC1)C(=O)N1CCN(C2=N[C@@H](C)[C@H](c3ccccc3)O2)C[C@H]1C(=O)CCc1cccc(Cl)c1. The van der Waals surface area contributed by atoms with Crippen LogP contribution >= 0.6 is 11.6 Å². The number of halogens is 1. The van der Waals surface area contributed by atoms with Crippen molar-refractivity contribution < 1.29 is 14.3 Å². The molecule has 46 heavy (non-hydrogen) atoms. The molecular weight excluding hydrogens is 598 g/mol. The normalized spacial score (nSPS) is 22.9. The molecule has 1 amide bonds. The Kier molecular flexibility index (Phi) is 12.5. The molecule has 0 bridgehead atoms. The van der Waals surface area contributed by atoms with Crippen molar-refractivity contribution in [2.45, 2.75) is 102 Å². The topological polar surface area (TPSA) is 77.5 Å². The number of aliphatic imine (C=N–C) groups is 1. The number of amidine groups is 1. The second kappa shape index (κ2) is 16.8. The van der Waals surface area contributed by atoms with Gasteiger partial charge in [-0.2, -0.15) is 0 Å². The van der Waals surface area contributed by atoms with Crippen LogP contribution in [0, 0.1) is 0 Å². The van der Waals surface area contributed by atoms with Gasteiger partial charge in [-0.15, -0.1) is 0 Å².